The van der Waals surface area contributed by atoms with Crippen LogP contribution in [0.3, 0.4) is 0 Å². The molecule has 0 amide bonds. The summed E-state index contributed by atoms with van der Waals surface area (Å²) >= 11 is 0. The fourth-order valence-electron chi connectivity index (χ4n) is 0. The summed E-state index contributed by atoms with van der Waals surface area (Å²) in [4.78, 5) is 0. The van der Waals surface area contributed by atoms with Crippen molar-refractivity contribution in [3.05, 3.63) is 0 Å². The van der Waals surface area contributed by atoms with Crippen molar-refractivity contribution in [1.29, 1.82) is 0 Å². The van der Waals surface area contributed by atoms with Gasteiger partial charge >= 0.3 is 54.6 Å². The molecule has 0 saturated carbocycles. The van der Waals surface area contributed by atoms with Crippen molar-refractivity contribution in [3.63, 3.8) is 0 Å². The summed E-state index contributed by atoms with van der Waals surface area (Å²) in [6.45, 7) is 0. The van der Waals surface area contributed by atoms with Crippen LogP contribution in [0, 0.1) is 41.0 Å². The number of hydrogen-bond donors (Lipinski definition) is 0. The average molecular weight is 623 g/mol. The molecule has 0 bridgehead atoms. The van der Waals surface area contributed by atoms with E-state index in [0.717, 1.165) is 0 Å². The Kier molecular flexibility index (Phi) is 30.1. The first-order valence-corrected chi connectivity index (χ1v) is 7.41. The molecule has 0 spiro atoms. The van der Waals surface area contributed by atoms with Crippen LogP contribution in [0.2, 0.25) is 0 Å². The second-order valence-electron chi connectivity index (χ2n) is 1.51. The molecule has 0 aromatic heterocycles. The fourth-order valence-corrected chi connectivity index (χ4v) is 0. The smallest absolute Gasteiger partial charge is 0.222 e. The maximum absolute atomic E-state index is 8.49. The van der Waals surface area contributed by atoms with E-state index in [1.807, 2.05) is 0 Å². The molecule has 0 unspecified atom stereocenters. The van der Waals surface area contributed by atoms with Crippen molar-refractivity contribution in [2.24, 2.45) is 0 Å². The SMILES string of the molecule is [Cd+2].[Cd+2].[O-][Cl+3]([O-])([O-])[O-].[O-][Cl+3]([O-])([O-])[O-].[O-][Cl+3]([O-])([O-])[O-].[O-][Cl+3]([O-])([O-])[O-]. The first-order valence-electron chi connectivity index (χ1n) is 2.47. The standard InChI is InChI=1S/2Cd.4ClHO4/c;;4*2-1(3,4)5/h;;4*(H,2,3,4,5)/q2*+2;;;;/p-4. The summed E-state index contributed by atoms with van der Waals surface area (Å²) in [6.07, 6.45) is 0. The minimum Gasteiger partial charge on any atom is -0.222 e. The van der Waals surface area contributed by atoms with Gasteiger partial charge in [-0.25, -0.2) is 74.5 Å². The topological polar surface area (TPSA) is 369 Å². The molecule has 22 heavy (non-hydrogen) atoms. The molecule has 0 saturated heterocycles. The van der Waals surface area contributed by atoms with Gasteiger partial charge in [-0.1, -0.05) is 0 Å². The molecule has 128 valence electrons. The summed E-state index contributed by atoms with van der Waals surface area (Å²) in [5.74, 6) is 0. The van der Waals surface area contributed by atoms with E-state index in [4.69, 9.17) is 74.5 Å². The van der Waals surface area contributed by atoms with Crippen LogP contribution in [0.4, 0.5) is 0 Å². The monoisotopic (exact) mass is 624 g/mol. The Bertz CT molecular complexity index is 134. The van der Waals surface area contributed by atoms with Crippen molar-refractivity contribution in [2.75, 3.05) is 0 Å². The Labute approximate surface area is 169 Å². The first-order chi connectivity index (χ1) is 8.00. The van der Waals surface area contributed by atoms with Gasteiger partial charge in [-0.3, -0.25) is 0 Å². The molecular formula is Cd2Cl4O16. The van der Waals surface area contributed by atoms with Gasteiger partial charge in [0, 0.05) is 0 Å². The van der Waals surface area contributed by atoms with Crippen LogP contribution in [0.15, 0.2) is 0 Å². The van der Waals surface area contributed by atoms with Gasteiger partial charge in [0.05, 0.1) is 0 Å². The Hall–Kier alpha value is 2.36. The van der Waals surface area contributed by atoms with Crippen molar-refractivity contribution in [2.45, 2.75) is 0 Å². The summed E-state index contributed by atoms with van der Waals surface area (Å²) in [7, 11) is -19.8. The molecule has 0 aromatic carbocycles. The Morgan fingerprint density at radius 2 is 0.227 bits per heavy atom. The number of rotatable bonds is 0. The van der Waals surface area contributed by atoms with Gasteiger partial charge in [-0.2, -0.15) is 0 Å². The Morgan fingerprint density at radius 1 is 0.227 bits per heavy atom. The molecule has 0 aliphatic carbocycles. The summed E-state index contributed by atoms with van der Waals surface area (Å²) in [5, 5.41) is 0. The predicted octanol–water partition coefficient (Wildman–Crippen LogP) is -19.0. The maximum atomic E-state index is 8.49. The molecule has 0 heterocycles. The molecule has 0 aromatic rings. The van der Waals surface area contributed by atoms with E-state index in [9.17, 15) is 0 Å². The van der Waals surface area contributed by atoms with Gasteiger partial charge in [0.2, 0.25) is 0 Å². The zero-order chi connectivity index (χ0) is 18.0. The van der Waals surface area contributed by atoms with Gasteiger partial charge in [0.25, 0.3) is 0 Å². The summed E-state index contributed by atoms with van der Waals surface area (Å²) in [5.41, 5.74) is 0. The minimum atomic E-state index is -4.94. The number of hydrogen-bond acceptors (Lipinski definition) is 16. The average Bonchev–Trinajstić information content (AvgIpc) is 1.62. The molecule has 16 nitrogen and oxygen atoms in total. The van der Waals surface area contributed by atoms with Gasteiger partial charge in [-0.05, 0) is 0 Å². The first kappa shape index (κ1) is 39.4. The summed E-state index contributed by atoms with van der Waals surface area (Å²) in [6, 6.07) is 0. The van der Waals surface area contributed by atoms with Crippen LogP contribution >= 0.6 is 0 Å². The Morgan fingerprint density at radius 3 is 0.227 bits per heavy atom. The van der Waals surface area contributed by atoms with Crippen LogP contribution < -0.4 is 74.5 Å². The predicted molar refractivity (Wildman–Crippen MR) is 0 cm³/mol. The second-order valence-corrected chi connectivity index (χ2v) is 4.54. The van der Waals surface area contributed by atoms with E-state index in [0.29, 0.717) is 0 Å². The van der Waals surface area contributed by atoms with Crippen LogP contribution in [-0.2, 0) is 54.6 Å². The van der Waals surface area contributed by atoms with Crippen molar-refractivity contribution < 1.29 is 170 Å². The van der Waals surface area contributed by atoms with Crippen molar-refractivity contribution in [3.8, 4) is 0 Å². The largest absolute Gasteiger partial charge is 2.00 e. The van der Waals surface area contributed by atoms with E-state index in [-0.39, 0.29) is 54.6 Å². The normalized spacial score (nSPS) is 10.9. The Balaban J connectivity index is -0.0000000376. The fraction of sp³-hybridized carbons (Fsp3) is 0. The van der Waals surface area contributed by atoms with Crippen LogP contribution in [0.25, 0.3) is 0 Å². The quantitative estimate of drug-likeness (QED) is 0.226. The number of halogens is 4. The molecule has 0 radical (unpaired) electrons. The molecule has 0 aliphatic rings. The molecule has 0 N–H and O–H groups in total. The second kappa shape index (κ2) is 16.8. The van der Waals surface area contributed by atoms with Crippen molar-refractivity contribution in [1.82, 2.24) is 0 Å². The van der Waals surface area contributed by atoms with Gasteiger partial charge < -0.3 is 0 Å². The third kappa shape index (κ3) is 1830. The minimum absolute atomic E-state index is 0. The van der Waals surface area contributed by atoms with Crippen LogP contribution in [0.5, 0.6) is 0 Å². The van der Waals surface area contributed by atoms with E-state index in [2.05, 4.69) is 0 Å². The molecule has 0 rings (SSSR count). The molecule has 0 fully saturated rings. The summed E-state index contributed by atoms with van der Waals surface area (Å²) < 4.78 is 136. The van der Waals surface area contributed by atoms with Gasteiger partial charge in [0.15, 0.2) is 0 Å². The molecule has 22 heteroatoms. The maximum Gasteiger partial charge on any atom is 2.00 e. The molecule has 0 atom stereocenters. The van der Waals surface area contributed by atoms with E-state index in [1.165, 1.54) is 0 Å². The third-order valence-electron chi connectivity index (χ3n) is 0. The third-order valence-corrected chi connectivity index (χ3v) is 0. The zero-order valence-corrected chi connectivity index (χ0v) is 20.6. The van der Waals surface area contributed by atoms with Gasteiger partial charge in [-0.15, -0.1) is 41.0 Å². The van der Waals surface area contributed by atoms with Crippen molar-refractivity contribution >= 4 is 0 Å². The van der Waals surface area contributed by atoms with E-state index in [1.54, 1.807) is 0 Å². The van der Waals surface area contributed by atoms with E-state index < -0.39 is 41.0 Å². The zero-order valence-electron chi connectivity index (χ0n) is 9.46. The van der Waals surface area contributed by atoms with E-state index >= 15 is 0 Å². The van der Waals surface area contributed by atoms with Gasteiger partial charge in [0.1, 0.15) is 0 Å². The molecular weight excluding hydrogens is 623 g/mol. The molecule has 0 aliphatic heterocycles. The van der Waals surface area contributed by atoms with Crippen LogP contribution in [-0.4, -0.2) is 0 Å². The van der Waals surface area contributed by atoms with Crippen LogP contribution in [0.1, 0.15) is 0 Å².